The summed E-state index contributed by atoms with van der Waals surface area (Å²) in [6.45, 7) is -0.778. The number of hydrogen-bond acceptors (Lipinski definition) is 3. The number of carboxylic acids is 1. The van der Waals surface area contributed by atoms with Gasteiger partial charge in [-0.15, -0.1) is 0 Å². The lowest BCUT2D eigenvalue weighted by atomic mass is 10.3. The van der Waals surface area contributed by atoms with Crippen LogP contribution in [-0.4, -0.2) is 28.8 Å². The first-order chi connectivity index (χ1) is 7.79. The number of aromatic nitrogens is 1. The van der Waals surface area contributed by atoms with E-state index in [4.69, 9.17) is 5.11 Å². The fourth-order valence-electron chi connectivity index (χ4n) is 0.912. The molecule has 1 N–H and O–H groups in total. The molecule has 1 aromatic heterocycles. The lowest BCUT2D eigenvalue weighted by molar-refractivity contribution is -0.139. The second kappa shape index (κ2) is 4.98. The van der Waals surface area contributed by atoms with E-state index in [1.807, 2.05) is 0 Å². The minimum Gasteiger partial charge on any atom is -0.478 e. The lowest BCUT2D eigenvalue weighted by Gasteiger charge is -2.08. The Morgan fingerprint density at radius 2 is 2.12 bits per heavy atom. The van der Waals surface area contributed by atoms with E-state index in [9.17, 15) is 22.4 Å². The Labute approximate surface area is 92.8 Å². The van der Waals surface area contributed by atoms with E-state index in [0.29, 0.717) is 6.07 Å². The topological polar surface area (TPSA) is 59.4 Å². The zero-order valence-electron chi connectivity index (χ0n) is 8.29. The van der Waals surface area contributed by atoms with Gasteiger partial charge in [-0.05, 0) is 6.07 Å². The number of ether oxygens (including phenoxy) is 1. The lowest BCUT2D eigenvalue weighted by Crippen LogP contribution is -2.14. The zero-order chi connectivity index (χ0) is 13.1. The fourth-order valence-corrected chi connectivity index (χ4v) is 0.912. The molecule has 94 valence electrons. The van der Waals surface area contributed by atoms with E-state index in [1.165, 1.54) is 0 Å². The normalized spacial score (nSPS) is 11.3. The number of pyridine rings is 1. The summed E-state index contributed by atoms with van der Waals surface area (Å²) in [5.74, 6) is -3.16. The second-order valence-electron chi connectivity index (χ2n) is 3.03. The average molecular weight is 253 g/mol. The van der Waals surface area contributed by atoms with Crippen molar-refractivity contribution in [2.75, 3.05) is 6.61 Å². The predicted molar refractivity (Wildman–Crippen MR) is 47.3 cm³/mol. The first kappa shape index (κ1) is 13.2. The Morgan fingerprint density at radius 3 is 2.59 bits per heavy atom. The molecular weight excluding hydrogens is 246 g/mol. The van der Waals surface area contributed by atoms with Crippen LogP contribution in [0.5, 0.6) is 5.88 Å². The van der Waals surface area contributed by atoms with Crippen molar-refractivity contribution in [1.29, 1.82) is 0 Å². The van der Waals surface area contributed by atoms with Gasteiger partial charge in [0.2, 0.25) is 5.88 Å². The van der Waals surface area contributed by atoms with Crippen molar-refractivity contribution in [3.05, 3.63) is 23.6 Å². The molecule has 0 saturated carbocycles. The summed E-state index contributed by atoms with van der Waals surface area (Å²) in [6, 6.07) is 0.623. The number of carbonyl (C=O) groups is 1. The fraction of sp³-hybridized carbons (Fsp3) is 0.333. The number of aromatic carboxylic acids is 1. The Morgan fingerprint density at radius 1 is 1.47 bits per heavy atom. The molecule has 0 unspecified atom stereocenters. The highest BCUT2D eigenvalue weighted by atomic mass is 19.4. The standard InChI is InChI=1S/C9H7F4NO3/c10-6-3-5(8(15)16)4-14-7(6)17-2-1-9(11,12)13/h3-4H,1-2H2,(H,15,16). The maximum atomic E-state index is 13.1. The maximum absolute atomic E-state index is 13.1. The quantitative estimate of drug-likeness (QED) is 0.836. The largest absolute Gasteiger partial charge is 0.478 e. The van der Waals surface area contributed by atoms with Crippen LogP contribution in [-0.2, 0) is 0 Å². The van der Waals surface area contributed by atoms with Crippen molar-refractivity contribution in [2.45, 2.75) is 12.6 Å². The first-order valence-electron chi connectivity index (χ1n) is 4.38. The Hall–Kier alpha value is -1.86. The van der Waals surface area contributed by atoms with Gasteiger partial charge in [0, 0.05) is 6.20 Å². The summed E-state index contributed by atoms with van der Waals surface area (Å²) in [5, 5.41) is 8.49. The number of nitrogens with zero attached hydrogens (tertiary/aromatic N) is 1. The zero-order valence-corrected chi connectivity index (χ0v) is 8.29. The summed E-state index contributed by atoms with van der Waals surface area (Å²) in [7, 11) is 0. The third kappa shape index (κ3) is 4.25. The van der Waals surface area contributed by atoms with Crippen molar-refractivity contribution in [1.82, 2.24) is 4.98 Å². The van der Waals surface area contributed by atoms with Gasteiger partial charge in [0.25, 0.3) is 0 Å². The highest BCUT2D eigenvalue weighted by molar-refractivity contribution is 5.87. The van der Waals surface area contributed by atoms with Crippen LogP contribution in [0.2, 0.25) is 0 Å². The molecule has 0 saturated heterocycles. The van der Waals surface area contributed by atoms with Gasteiger partial charge < -0.3 is 9.84 Å². The molecule has 1 heterocycles. The summed E-state index contributed by atoms with van der Waals surface area (Å²) in [6.07, 6.45) is -4.85. The maximum Gasteiger partial charge on any atom is 0.392 e. The van der Waals surface area contributed by atoms with Gasteiger partial charge in [-0.1, -0.05) is 0 Å². The molecule has 1 aromatic rings. The number of hydrogen-bond donors (Lipinski definition) is 1. The Kier molecular flexibility index (Phi) is 3.87. The van der Waals surface area contributed by atoms with Gasteiger partial charge in [0.1, 0.15) is 0 Å². The Bertz CT molecular complexity index is 419. The van der Waals surface area contributed by atoms with Crippen LogP contribution in [0.15, 0.2) is 12.3 Å². The van der Waals surface area contributed by atoms with E-state index >= 15 is 0 Å². The van der Waals surface area contributed by atoms with Crippen LogP contribution in [0.3, 0.4) is 0 Å². The van der Waals surface area contributed by atoms with Crippen molar-refractivity contribution in [3.8, 4) is 5.88 Å². The number of alkyl halides is 3. The molecule has 0 bridgehead atoms. The minimum atomic E-state index is -4.41. The summed E-state index contributed by atoms with van der Waals surface area (Å²) < 4.78 is 52.8. The Balaban J connectivity index is 2.64. The first-order valence-corrected chi connectivity index (χ1v) is 4.38. The number of halogens is 4. The summed E-state index contributed by atoms with van der Waals surface area (Å²) in [5.41, 5.74) is -0.411. The summed E-state index contributed by atoms with van der Waals surface area (Å²) in [4.78, 5) is 13.7. The molecule has 0 atom stereocenters. The van der Waals surface area contributed by atoms with Gasteiger partial charge in [-0.2, -0.15) is 13.2 Å². The van der Waals surface area contributed by atoms with Crippen molar-refractivity contribution in [2.24, 2.45) is 0 Å². The molecule has 0 fully saturated rings. The van der Waals surface area contributed by atoms with E-state index in [2.05, 4.69) is 9.72 Å². The van der Waals surface area contributed by atoms with E-state index < -0.39 is 42.4 Å². The molecule has 0 amide bonds. The van der Waals surface area contributed by atoms with Gasteiger partial charge >= 0.3 is 12.1 Å². The second-order valence-corrected chi connectivity index (χ2v) is 3.03. The van der Waals surface area contributed by atoms with E-state index in [-0.39, 0.29) is 0 Å². The molecule has 4 nitrogen and oxygen atoms in total. The highest BCUT2D eigenvalue weighted by Crippen LogP contribution is 2.21. The smallest absolute Gasteiger partial charge is 0.392 e. The minimum absolute atomic E-state index is 0.411. The molecule has 1 rings (SSSR count). The van der Waals surface area contributed by atoms with Crippen LogP contribution in [0.25, 0.3) is 0 Å². The van der Waals surface area contributed by atoms with Crippen molar-refractivity contribution >= 4 is 5.97 Å². The van der Waals surface area contributed by atoms with E-state index in [1.54, 1.807) is 0 Å². The summed E-state index contributed by atoms with van der Waals surface area (Å²) >= 11 is 0. The van der Waals surface area contributed by atoms with Crippen LogP contribution < -0.4 is 4.74 Å². The molecule has 8 heteroatoms. The average Bonchev–Trinajstić information content (AvgIpc) is 2.18. The predicted octanol–water partition coefficient (Wildman–Crippen LogP) is 2.25. The molecule has 0 aliphatic rings. The SMILES string of the molecule is O=C(O)c1cnc(OCCC(F)(F)F)c(F)c1. The molecule has 0 aliphatic heterocycles. The highest BCUT2D eigenvalue weighted by Gasteiger charge is 2.27. The monoisotopic (exact) mass is 253 g/mol. The van der Waals surface area contributed by atoms with Crippen LogP contribution in [0.4, 0.5) is 17.6 Å². The van der Waals surface area contributed by atoms with Crippen LogP contribution in [0, 0.1) is 5.82 Å². The number of rotatable bonds is 4. The molecule has 0 radical (unpaired) electrons. The number of carboxylic acid groups (broad SMARTS) is 1. The molecule has 0 aliphatic carbocycles. The van der Waals surface area contributed by atoms with Crippen LogP contribution in [0.1, 0.15) is 16.8 Å². The molecular formula is C9H7F4NO3. The van der Waals surface area contributed by atoms with Gasteiger partial charge in [-0.25, -0.2) is 14.2 Å². The van der Waals surface area contributed by atoms with Crippen molar-refractivity contribution in [3.63, 3.8) is 0 Å². The molecule has 17 heavy (non-hydrogen) atoms. The molecule has 0 aromatic carbocycles. The van der Waals surface area contributed by atoms with E-state index in [0.717, 1.165) is 6.20 Å². The third-order valence-electron chi connectivity index (χ3n) is 1.68. The van der Waals surface area contributed by atoms with Crippen molar-refractivity contribution < 1.29 is 32.2 Å². The van der Waals surface area contributed by atoms with Gasteiger partial charge in [-0.3, -0.25) is 0 Å². The third-order valence-corrected chi connectivity index (χ3v) is 1.68. The van der Waals surface area contributed by atoms with Gasteiger partial charge in [0.15, 0.2) is 5.82 Å². The van der Waals surface area contributed by atoms with Gasteiger partial charge in [0.05, 0.1) is 18.6 Å². The molecule has 0 spiro atoms. The van der Waals surface area contributed by atoms with Crippen LogP contribution >= 0.6 is 0 Å².